The lowest BCUT2D eigenvalue weighted by Crippen LogP contribution is -2.17. The Bertz CT molecular complexity index is 904. The van der Waals surface area contributed by atoms with Crippen LogP contribution in [0.3, 0.4) is 0 Å². The summed E-state index contributed by atoms with van der Waals surface area (Å²) in [5.41, 5.74) is 7.10. The minimum atomic E-state index is -0.533. The van der Waals surface area contributed by atoms with Gasteiger partial charge in [0.15, 0.2) is 10.7 Å². The summed E-state index contributed by atoms with van der Waals surface area (Å²) in [4.78, 5) is 26.1. The standard InChI is InChI=1S/C12H13N5O3S/c1-2-3-17-10(18)15-16-11(17)21-9-5-7-8(4-6(9)13)20-12(19)14-7/h4-5H,2-3,13H2,1H3,(H,14,19)(H,15,18). The van der Waals surface area contributed by atoms with Gasteiger partial charge < -0.3 is 10.2 Å². The zero-order valence-corrected chi connectivity index (χ0v) is 12.0. The van der Waals surface area contributed by atoms with Gasteiger partial charge in [0.1, 0.15) is 0 Å². The van der Waals surface area contributed by atoms with Gasteiger partial charge >= 0.3 is 11.4 Å². The molecule has 0 aliphatic rings. The maximum Gasteiger partial charge on any atom is 0.417 e. The van der Waals surface area contributed by atoms with E-state index in [0.717, 1.165) is 6.42 Å². The molecule has 3 rings (SSSR count). The van der Waals surface area contributed by atoms with Gasteiger partial charge in [-0.05, 0) is 24.2 Å². The summed E-state index contributed by atoms with van der Waals surface area (Å²) in [6.07, 6.45) is 0.816. The fourth-order valence-electron chi connectivity index (χ4n) is 1.98. The minimum Gasteiger partial charge on any atom is -0.408 e. The summed E-state index contributed by atoms with van der Waals surface area (Å²) in [7, 11) is 0. The van der Waals surface area contributed by atoms with Crippen molar-refractivity contribution in [2.45, 2.75) is 29.9 Å². The number of nitrogen functional groups attached to an aromatic ring is 1. The average Bonchev–Trinajstić information content (AvgIpc) is 2.95. The number of nitrogens with zero attached hydrogens (tertiary/aromatic N) is 2. The van der Waals surface area contributed by atoms with Crippen molar-refractivity contribution >= 4 is 28.5 Å². The Morgan fingerprint density at radius 1 is 1.43 bits per heavy atom. The van der Waals surface area contributed by atoms with E-state index in [1.165, 1.54) is 11.8 Å². The molecule has 4 N–H and O–H groups in total. The molecule has 0 saturated heterocycles. The van der Waals surface area contributed by atoms with Crippen LogP contribution in [-0.2, 0) is 6.54 Å². The summed E-state index contributed by atoms with van der Waals surface area (Å²) in [5.74, 6) is -0.533. The number of hydrogen-bond acceptors (Lipinski definition) is 6. The van der Waals surface area contributed by atoms with Gasteiger partial charge in [0.05, 0.1) is 5.52 Å². The molecule has 0 atom stereocenters. The van der Waals surface area contributed by atoms with E-state index in [1.54, 1.807) is 16.7 Å². The van der Waals surface area contributed by atoms with E-state index >= 15 is 0 Å². The molecule has 1 aromatic carbocycles. The summed E-state index contributed by atoms with van der Waals surface area (Å²) in [5, 5.41) is 6.94. The van der Waals surface area contributed by atoms with Gasteiger partial charge in [0, 0.05) is 23.2 Å². The van der Waals surface area contributed by atoms with E-state index in [1.807, 2.05) is 6.92 Å². The average molecular weight is 307 g/mol. The molecule has 2 heterocycles. The maximum atomic E-state index is 11.7. The van der Waals surface area contributed by atoms with Crippen molar-refractivity contribution in [1.29, 1.82) is 0 Å². The summed E-state index contributed by atoms with van der Waals surface area (Å²) < 4.78 is 6.49. The second kappa shape index (κ2) is 5.17. The highest BCUT2D eigenvalue weighted by molar-refractivity contribution is 7.99. The van der Waals surface area contributed by atoms with Crippen molar-refractivity contribution in [3.63, 3.8) is 0 Å². The fourth-order valence-corrected chi connectivity index (χ4v) is 2.91. The molecule has 0 aliphatic heterocycles. The van der Waals surface area contributed by atoms with Gasteiger partial charge in [-0.15, -0.1) is 5.10 Å². The number of aromatic nitrogens is 4. The first-order valence-electron chi connectivity index (χ1n) is 6.34. The number of rotatable bonds is 4. The molecule has 0 radical (unpaired) electrons. The van der Waals surface area contributed by atoms with E-state index in [2.05, 4.69) is 15.2 Å². The number of benzene rings is 1. The van der Waals surface area contributed by atoms with Crippen LogP contribution in [0.1, 0.15) is 13.3 Å². The SMILES string of the molecule is CCCn1c(Sc2cc3[nH]c(=O)oc3cc2N)n[nH]c1=O. The van der Waals surface area contributed by atoms with Crippen LogP contribution in [0, 0.1) is 0 Å². The van der Waals surface area contributed by atoms with Crippen molar-refractivity contribution in [1.82, 2.24) is 19.7 Å². The number of aromatic amines is 2. The third kappa shape index (κ3) is 2.47. The van der Waals surface area contributed by atoms with Crippen molar-refractivity contribution < 1.29 is 4.42 Å². The van der Waals surface area contributed by atoms with Crippen LogP contribution in [0.5, 0.6) is 0 Å². The number of nitrogens with two attached hydrogens (primary N) is 1. The summed E-state index contributed by atoms with van der Waals surface area (Å²) >= 11 is 1.26. The van der Waals surface area contributed by atoms with Crippen LogP contribution in [0.2, 0.25) is 0 Å². The molecule has 110 valence electrons. The number of nitrogens with one attached hydrogen (secondary N) is 2. The fraction of sp³-hybridized carbons (Fsp3) is 0.250. The van der Waals surface area contributed by atoms with Crippen LogP contribution in [-0.4, -0.2) is 19.7 Å². The van der Waals surface area contributed by atoms with Crippen LogP contribution in [0.15, 0.2) is 36.2 Å². The van der Waals surface area contributed by atoms with Crippen molar-refractivity contribution in [3.05, 3.63) is 33.2 Å². The van der Waals surface area contributed by atoms with Gasteiger partial charge in [0.25, 0.3) is 0 Å². The molecule has 9 heteroatoms. The molecular weight excluding hydrogens is 294 g/mol. The molecule has 0 spiro atoms. The topological polar surface area (TPSA) is 123 Å². The second-order valence-corrected chi connectivity index (χ2v) is 5.47. The van der Waals surface area contributed by atoms with Crippen LogP contribution in [0.4, 0.5) is 5.69 Å². The van der Waals surface area contributed by atoms with Gasteiger partial charge in [-0.25, -0.2) is 14.7 Å². The van der Waals surface area contributed by atoms with Gasteiger partial charge in [-0.2, -0.15) is 0 Å². The molecule has 21 heavy (non-hydrogen) atoms. The lowest BCUT2D eigenvalue weighted by atomic mass is 10.3. The molecule has 0 aliphatic carbocycles. The van der Waals surface area contributed by atoms with E-state index in [-0.39, 0.29) is 5.69 Å². The number of fused-ring (bicyclic) bond motifs is 1. The minimum absolute atomic E-state index is 0.254. The monoisotopic (exact) mass is 307 g/mol. The van der Waals surface area contributed by atoms with Gasteiger partial charge in [-0.3, -0.25) is 9.55 Å². The lowest BCUT2D eigenvalue weighted by molar-refractivity contribution is 0.555. The lowest BCUT2D eigenvalue weighted by Gasteiger charge is -2.06. The van der Waals surface area contributed by atoms with E-state index in [9.17, 15) is 9.59 Å². The second-order valence-electron chi connectivity index (χ2n) is 4.47. The van der Waals surface area contributed by atoms with E-state index < -0.39 is 5.76 Å². The molecule has 8 nitrogen and oxygen atoms in total. The zero-order chi connectivity index (χ0) is 15.0. The predicted molar refractivity (Wildman–Crippen MR) is 78.5 cm³/mol. The highest BCUT2D eigenvalue weighted by atomic mass is 32.2. The van der Waals surface area contributed by atoms with E-state index in [0.29, 0.717) is 33.4 Å². The number of H-pyrrole nitrogens is 2. The first-order chi connectivity index (χ1) is 10.1. The van der Waals surface area contributed by atoms with Crippen LogP contribution >= 0.6 is 11.8 Å². The normalized spacial score (nSPS) is 11.3. The smallest absolute Gasteiger partial charge is 0.408 e. The Labute approximate surface area is 122 Å². The first kappa shape index (κ1) is 13.6. The largest absolute Gasteiger partial charge is 0.417 e. The predicted octanol–water partition coefficient (Wildman–Crippen LogP) is 1.15. The highest BCUT2D eigenvalue weighted by Crippen LogP contribution is 2.32. The van der Waals surface area contributed by atoms with E-state index in [4.69, 9.17) is 10.2 Å². The molecular formula is C12H13N5O3S. The third-order valence-corrected chi connectivity index (χ3v) is 3.99. The number of oxazole rings is 1. The number of anilines is 1. The van der Waals surface area contributed by atoms with Gasteiger partial charge in [-0.1, -0.05) is 6.92 Å². The highest BCUT2D eigenvalue weighted by Gasteiger charge is 2.13. The molecule has 0 bridgehead atoms. The van der Waals surface area contributed by atoms with Crippen LogP contribution < -0.4 is 17.2 Å². The zero-order valence-electron chi connectivity index (χ0n) is 11.2. The molecule has 2 aromatic heterocycles. The van der Waals surface area contributed by atoms with Crippen molar-refractivity contribution in [3.8, 4) is 0 Å². The Morgan fingerprint density at radius 2 is 2.24 bits per heavy atom. The Morgan fingerprint density at radius 3 is 3.00 bits per heavy atom. The van der Waals surface area contributed by atoms with Crippen molar-refractivity contribution in [2.24, 2.45) is 0 Å². The molecule has 3 aromatic rings. The molecule has 0 unspecified atom stereocenters. The third-order valence-electron chi connectivity index (χ3n) is 2.92. The first-order valence-corrected chi connectivity index (χ1v) is 7.15. The molecule has 0 fully saturated rings. The van der Waals surface area contributed by atoms with Crippen LogP contribution in [0.25, 0.3) is 11.1 Å². The molecule has 0 saturated carbocycles. The number of hydrogen-bond donors (Lipinski definition) is 3. The quantitative estimate of drug-likeness (QED) is 0.621. The maximum absolute atomic E-state index is 11.7. The van der Waals surface area contributed by atoms with Crippen molar-refractivity contribution in [2.75, 3.05) is 5.73 Å². The molecule has 0 amide bonds. The van der Waals surface area contributed by atoms with Gasteiger partial charge in [0.2, 0.25) is 0 Å². The Hall–Kier alpha value is -2.42. The Balaban J connectivity index is 2.03. The summed E-state index contributed by atoms with van der Waals surface area (Å²) in [6, 6.07) is 3.28. The summed E-state index contributed by atoms with van der Waals surface area (Å²) in [6.45, 7) is 2.55. The Kier molecular flexibility index (Phi) is 3.34.